The van der Waals surface area contributed by atoms with Crippen molar-refractivity contribution in [1.29, 1.82) is 0 Å². The minimum atomic E-state index is 0.206. The lowest BCUT2D eigenvalue weighted by atomic mass is 10.0. The van der Waals surface area contributed by atoms with E-state index < -0.39 is 0 Å². The zero-order valence-electron chi connectivity index (χ0n) is 12.7. The van der Waals surface area contributed by atoms with Crippen LogP contribution >= 0.6 is 0 Å². The van der Waals surface area contributed by atoms with Crippen molar-refractivity contribution in [3.8, 4) is 5.75 Å². The average molecular weight is 269 g/mol. The lowest BCUT2D eigenvalue weighted by molar-refractivity contribution is 0.272. The van der Waals surface area contributed by atoms with Crippen LogP contribution in [0.1, 0.15) is 28.3 Å². The van der Waals surface area contributed by atoms with Gasteiger partial charge in [-0.25, -0.2) is 0 Å². The molecule has 0 spiro atoms. The molecule has 0 aromatic heterocycles. The molecule has 0 fully saturated rings. The lowest BCUT2D eigenvalue weighted by Crippen LogP contribution is -2.24. The predicted molar refractivity (Wildman–Crippen MR) is 84.4 cm³/mol. The summed E-state index contributed by atoms with van der Waals surface area (Å²) >= 11 is 0. The third-order valence-corrected chi connectivity index (χ3v) is 3.81. The van der Waals surface area contributed by atoms with Crippen LogP contribution in [0.15, 0.2) is 42.5 Å². The van der Waals surface area contributed by atoms with Crippen LogP contribution in [0.2, 0.25) is 0 Å². The van der Waals surface area contributed by atoms with Gasteiger partial charge in [-0.05, 0) is 62.2 Å². The van der Waals surface area contributed by atoms with E-state index in [1.54, 1.807) is 0 Å². The summed E-state index contributed by atoms with van der Waals surface area (Å²) in [5, 5.41) is 3.33. The Morgan fingerprint density at radius 1 is 0.950 bits per heavy atom. The van der Waals surface area contributed by atoms with Gasteiger partial charge in [0.15, 0.2) is 0 Å². The van der Waals surface area contributed by atoms with E-state index in [-0.39, 0.29) is 6.04 Å². The zero-order valence-corrected chi connectivity index (χ0v) is 12.7. The van der Waals surface area contributed by atoms with Crippen LogP contribution in [-0.2, 0) is 0 Å². The Bertz CT molecular complexity index is 577. The quantitative estimate of drug-likeness (QED) is 0.887. The second kappa shape index (κ2) is 6.58. The Balaban J connectivity index is 2.08. The van der Waals surface area contributed by atoms with Gasteiger partial charge in [0, 0.05) is 0 Å². The maximum atomic E-state index is 5.94. The highest BCUT2D eigenvalue weighted by molar-refractivity contribution is 5.34. The van der Waals surface area contributed by atoms with Crippen LogP contribution in [0.25, 0.3) is 0 Å². The van der Waals surface area contributed by atoms with Gasteiger partial charge in [0.2, 0.25) is 0 Å². The molecule has 0 saturated heterocycles. The van der Waals surface area contributed by atoms with Crippen LogP contribution in [0.5, 0.6) is 5.75 Å². The van der Waals surface area contributed by atoms with Gasteiger partial charge in [0.25, 0.3) is 0 Å². The molecule has 20 heavy (non-hydrogen) atoms. The van der Waals surface area contributed by atoms with Crippen molar-refractivity contribution < 1.29 is 4.74 Å². The summed E-state index contributed by atoms with van der Waals surface area (Å²) < 4.78 is 5.94. The first-order valence-electron chi connectivity index (χ1n) is 7.04. The number of rotatable bonds is 5. The minimum absolute atomic E-state index is 0.206. The fourth-order valence-corrected chi connectivity index (χ4v) is 2.29. The summed E-state index contributed by atoms with van der Waals surface area (Å²) in [5.74, 6) is 0.932. The van der Waals surface area contributed by atoms with Gasteiger partial charge in [-0.15, -0.1) is 0 Å². The van der Waals surface area contributed by atoms with E-state index in [4.69, 9.17) is 4.74 Å². The summed E-state index contributed by atoms with van der Waals surface area (Å²) in [6.07, 6.45) is 0. The van der Waals surface area contributed by atoms with Crippen molar-refractivity contribution in [2.45, 2.75) is 26.8 Å². The topological polar surface area (TPSA) is 21.3 Å². The maximum Gasteiger partial charge on any atom is 0.119 e. The molecule has 0 aliphatic carbocycles. The molecule has 0 amide bonds. The molecule has 1 atom stereocenters. The molecule has 0 heterocycles. The van der Waals surface area contributed by atoms with E-state index >= 15 is 0 Å². The lowest BCUT2D eigenvalue weighted by Gasteiger charge is -2.19. The molecule has 2 aromatic carbocycles. The van der Waals surface area contributed by atoms with Crippen LogP contribution < -0.4 is 10.1 Å². The van der Waals surface area contributed by atoms with Crippen LogP contribution in [0.4, 0.5) is 0 Å². The van der Waals surface area contributed by atoms with Gasteiger partial charge >= 0.3 is 0 Å². The standard InChI is InChI=1S/C18H23NO/c1-13-9-10-16(11-15(13)3)20-12-18(19-4)17-8-6-5-7-14(17)2/h5-11,18-19H,12H2,1-4H3. The number of likely N-dealkylation sites (N-methyl/N-ethyl adjacent to an activating group) is 1. The summed E-state index contributed by atoms with van der Waals surface area (Å²) in [6.45, 7) is 6.99. The molecule has 0 aliphatic rings. The minimum Gasteiger partial charge on any atom is -0.492 e. The zero-order chi connectivity index (χ0) is 14.5. The number of ether oxygens (including phenoxy) is 1. The van der Waals surface area contributed by atoms with Crippen molar-refractivity contribution in [1.82, 2.24) is 5.32 Å². The molecule has 106 valence electrons. The Hall–Kier alpha value is -1.80. The fraction of sp³-hybridized carbons (Fsp3) is 0.333. The van der Waals surface area contributed by atoms with Crippen LogP contribution in [0, 0.1) is 20.8 Å². The van der Waals surface area contributed by atoms with Gasteiger partial charge in [0.1, 0.15) is 12.4 Å². The van der Waals surface area contributed by atoms with Crippen molar-refractivity contribution in [2.75, 3.05) is 13.7 Å². The first kappa shape index (κ1) is 14.6. The second-order valence-electron chi connectivity index (χ2n) is 5.25. The second-order valence-corrected chi connectivity index (χ2v) is 5.25. The Labute approximate surface area is 121 Å². The molecule has 1 unspecified atom stereocenters. The third-order valence-electron chi connectivity index (χ3n) is 3.81. The molecule has 0 bridgehead atoms. The summed E-state index contributed by atoms with van der Waals surface area (Å²) in [5.41, 5.74) is 5.13. The number of aryl methyl sites for hydroxylation is 3. The largest absolute Gasteiger partial charge is 0.492 e. The number of benzene rings is 2. The Kier molecular flexibility index (Phi) is 4.80. The van der Waals surface area contributed by atoms with E-state index in [0.717, 1.165) is 5.75 Å². The molecule has 2 nitrogen and oxygen atoms in total. The van der Waals surface area contributed by atoms with Crippen molar-refractivity contribution in [2.24, 2.45) is 0 Å². The van der Waals surface area contributed by atoms with Crippen LogP contribution in [-0.4, -0.2) is 13.7 Å². The molecule has 0 aliphatic heterocycles. The monoisotopic (exact) mass is 269 g/mol. The SMILES string of the molecule is CNC(COc1ccc(C)c(C)c1)c1ccccc1C. The van der Waals surface area contributed by atoms with E-state index in [1.807, 2.05) is 13.1 Å². The number of hydrogen-bond acceptors (Lipinski definition) is 2. The predicted octanol–water partition coefficient (Wildman–Crippen LogP) is 3.95. The van der Waals surface area contributed by atoms with E-state index in [0.29, 0.717) is 6.61 Å². The van der Waals surface area contributed by atoms with E-state index in [1.165, 1.54) is 22.3 Å². The first-order chi connectivity index (χ1) is 9.61. The van der Waals surface area contributed by atoms with Gasteiger partial charge in [-0.1, -0.05) is 30.3 Å². The summed E-state index contributed by atoms with van der Waals surface area (Å²) in [4.78, 5) is 0. The highest BCUT2D eigenvalue weighted by Gasteiger charge is 2.12. The van der Waals surface area contributed by atoms with Crippen molar-refractivity contribution in [3.63, 3.8) is 0 Å². The smallest absolute Gasteiger partial charge is 0.119 e. The molecular formula is C18H23NO. The molecule has 0 saturated carbocycles. The van der Waals surface area contributed by atoms with E-state index in [9.17, 15) is 0 Å². The third kappa shape index (κ3) is 3.40. The van der Waals surface area contributed by atoms with Gasteiger partial charge in [0.05, 0.1) is 6.04 Å². The molecule has 2 heteroatoms. The number of nitrogens with one attached hydrogen (secondary N) is 1. The maximum absolute atomic E-state index is 5.94. The normalized spacial score (nSPS) is 12.2. The van der Waals surface area contributed by atoms with Crippen molar-refractivity contribution in [3.05, 3.63) is 64.7 Å². The van der Waals surface area contributed by atoms with Gasteiger partial charge in [-0.2, -0.15) is 0 Å². The number of hydrogen-bond donors (Lipinski definition) is 1. The fourth-order valence-electron chi connectivity index (χ4n) is 2.29. The molecule has 0 radical (unpaired) electrons. The Morgan fingerprint density at radius 2 is 1.70 bits per heavy atom. The first-order valence-corrected chi connectivity index (χ1v) is 7.04. The van der Waals surface area contributed by atoms with E-state index in [2.05, 4.69) is 62.5 Å². The average Bonchev–Trinajstić information content (AvgIpc) is 2.45. The van der Waals surface area contributed by atoms with Crippen LogP contribution in [0.3, 0.4) is 0 Å². The Morgan fingerprint density at radius 3 is 2.35 bits per heavy atom. The van der Waals surface area contributed by atoms with Gasteiger partial charge in [-0.3, -0.25) is 0 Å². The summed E-state index contributed by atoms with van der Waals surface area (Å²) in [7, 11) is 1.97. The molecular weight excluding hydrogens is 246 g/mol. The molecule has 2 rings (SSSR count). The highest BCUT2D eigenvalue weighted by atomic mass is 16.5. The molecule has 2 aromatic rings. The highest BCUT2D eigenvalue weighted by Crippen LogP contribution is 2.21. The van der Waals surface area contributed by atoms with Gasteiger partial charge < -0.3 is 10.1 Å². The van der Waals surface area contributed by atoms with Crippen molar-refractivity contribution >= 4 is 0 Å². The summed E-state index contributed by atoms with van der Waals surface area (Å²) in [6, 6.07) is 14.9. The molecule has 1 N–H and O–H groups in total.